The van der Waals surface area contributed by atoms with Gasteiger partial charge in [0.1, 0.15) is 5.69 Å². The molecule has 0 aromatic carbocycles. The third-order valence-electron chi connectivity index (χ3n) is 2.94. The summed E-state index contributed by atoms with van der Waals surface area (Å²) >= 11 is 0. The van der Waals surface area contributed by atoms with Gasteiger partial charge in [-0.15, -0.1) is 0 Å². The largest absolute Gasteiger partial charge is 0.476 e. The summed E-state index contributed by atoms with van der Waals surface area (Å²) in [6.45, 7) is 6.64. The van der Waals surface area contributed by atoms with Crippen molar-refractivity contribution in [3.8, 4) is 5.88 Å². The van der Waals surface area contributed by atoms with Gasteiger partial charge >= 0.3 is 0 Å². The highest BCUT2D eigenvalue weighted by Gasteiger charge is 2.18. The first-order valence-corrected chi connectivity index (χ1v) is 5.90. The minimum absolute atomic E-state index is 0.180. The Morgan fingerprint density at radius 1 is 1.41 bits per heavy atom. The van der Waals surface area contributed by atoms with Crippen molar-refractivity contribution in [3.63, 3.8) is 0 Å². The maximum absolute atomic E-state index is 5.96. The van der Waals surface area contributed by atoms with Crippen LogP contribution in [0.25, 0.3) is 0 Å². The average Bonchev–Trinajstić information content (AvgIpc) is 2.56. The Morgan fingerprint density at radius 2 is 2.06 bits per heavy atom. The molecule has 2 N–H and O–H groups in total. The molecule has 0 saturated carbocycles. The van der Waals surface area contributed by atoms with Crippen LogP contribution in [0, 0.1) is 0 Å². The van der Waals surface area contributed by atoms with Crippen molar-refractivity contribution in [2.45, 2.75) is 39.2 Å². The molecule has 0 saturated heterocycles. The van der Waals surface area contributed by atoms with Crippen LogP contribution in [0.5, 0.6) is 5.88 Å². The second-order valence-corrected chi connectivity index (χ2v) is 4.70. The number of ether oxygens (including phenoxy) is 2. The molecule has 1 rings (SSSR count). The predicted octanol–water partition coefficient (Wildman–Crippen LogP) is 1.76. The summed E-state index contributed by atoms with van der Waals surface area (Å²) in [7, 11) is 3.54. The van der Waals surface area contributed by atoms with E-state index in [-0.39, 0.29) is 5.60 Å². The van der Waals surface area contributed by atoms with Crippen LogP contribution >= 0.6 is 0 Å². The quantitative estimate of drug-likeness (QED) is 0.824. The number of methoxy groups -OCH3 is 1. The van der Waals surface area contributed by atoms with Crippen molar-refractivity contribution in [2.75, 3.05) is 19.5 Å². The second-order valence-electron chi connectivity index (χ2n) is 4.70. The summed E-state index contributed by atoms with van der Waals surface area (Å²) in [4.78, 5) is 0. The Labute approximate surface area is 103 Å². The molecule has 98 valence electrons. The molecule has 0 spiro atoms. The van der Waals surface area contributed by atoms with E-state index in [2.05, 4.69) is 5.10 Å². The molecule has 0 bridgehead atoms. The lowest BCUT2D eigenvalue weighted by Crippen LogP contribution is -2.25. The summed E-state index contributed by atoms with van der Waals surface area (Å²) in [6.07, 6.45) is 1.61. The zero-order chi connectivity index (χ0) is 13.1. The highest BCUT2D eigenvalue weighted by molar-refractivity contribution is 5.53. The third-order valence-corrected chi connectivity index (χ3v) is 2.94. The van der Waals surface area contributed by atoms with E-state index in [4.69, 9.17) is 15.2 Å². The smallest absolute Gasteiger partial charge is 0.235 e. The highest BCUT2D eigenvalue weighted by atomic mass is 16.5. The van der Waals surface area contributed by atoms with Gasteiger partial charge in [-0.1, -0.05) is 6.92 Å². The number of anilines is 1. The molecule has 0 aliphatic rings. The first-order chi connectivity index (χ1) is 7.91. The topological polar surface area (TPSA) is 62.3 Å². The van der Waals surface area contributed by atoms with E-state index in [1.54, 1.807) is 11.8 Å². The molecule has 0 radical (unpaired) electrons. The monoisotopic (exact) mass is 241 g/mol. The van der Waals surface area contributed by atoms with Gasteiger partial charge in [0.2, 0.25) is 5.88 Å². The molecule has 5 heteroatoms. The Hall–Kier alpha value is -1.23. The molecule has 0 amide bonds. The fraction of sp³-hybridized carbons (Fsp3) is 0.750. The number of aryl methyl sites for hydroxylation is 2. The van der Waals surface area contributed by atoms with Crippen LogP contribution in [0.3, 0.4) is 0 Å². The minimum atomic E-state index is -0.180. The van der Waals surface area contributed by atoms with Gasteiger partial charge in [-0.2, -0.15) is 5.10 Å². The summed E-state index contributed by atoms with van der Waals surface area (Å²) in [6, 6.07) is 0. The van der Waals surface area contributed by atoms with Gasteiger partial charge < -0.3 is 15.2 Å². The number of nitrogens with zero attached hydrogens (tertiary/aromatic N) is 2. The van der Waals surface area contributed by atoms with Crippen LogP contribution in [0.15, 0.2) is 0 Å². The Kier molecular flexibility index (Phi) is 4.40. The maximum Gasteiger partial charge on any atom is 0.235 e. The second kappa shape index (κ2) is 5.40. The molecular weight excluding hydrogens is 218 g/mol. The van der Waals surface area contributed by atoms with E-state index < -0.39 is 0 Å². The van der Waals surface area contributed by atoms with E-state index in [1.807, 2.05) is 27.8 Å². The number of nitrogens with two attached hydrogens (primary N) is 1. The van der Waals surface area contributed by atoms with Gasteiger partial charge in [-0.05, 0) is 20.3 Å². The number of hydrogen-bond acceptors (Lipinski definition) is 4. The van der Waals surface area contributed by atoms with Crippen LogP contribution in [0.2, 0.25) is 0 Å². The van der Waals surface area contributed by atoms with Gasteiger partial charge in [0.25, 0.3) is 0 Å². The molecule has 0 aliphatic heterocycles. The van der Waals surface area contributed by atoms with E-state index in [1.165, 1.54) is 0 Å². The van der Waals surface area contributed by atoms with Gasteiger partial charge in [-0.3, -0.25) is 0 Å². The van der Waals surface area contributed by atoms with Crippen LogP contribution in [-0.2, 0) is 18.2 Å². The first kappa shape index (κ1) is 13.8. The zero-order valence-electron chi connectivity index (χ0n) is 11.4. The molecule has 17 heavy (non-hydrogen) atoms. The lowest BCUT2D eigenvalue weighted by molar-refractivity contribution is 0.00480. The molecule has 1 heterocycles. The zero-order valence-corrected chi connectivity index (χ0v) is 11.4. The highest BCUT2D eigenvalue weighted by Crippen LogP contribution is 2.25. The van der Waals surface area contributed by atoms with E-state index in [9.17, 15) is 0 Å². The van der Waals surface area contributed by atoms with Crippen molar-refractivity contribution < 1.29 is 9.47 Å². The Balaban J connectivity index is 2.61. The molecule has 1 aromatic heterocycles. The lowest BCUT2D eigenvalue weighted by Gasteiger charge is -2.22. The normalized spacial score (nSPS) is 11.8. The summed E-state index contributed by atoms with van der Waals surface area (Å²) in [5, 5.41) is 4.30. The van der Waals surface area contributed by atoms with Crippen molar-refractivity contribution in [3.05, 3.63) is 5.69 Å². The van der Waals surface area contributed by atoms with Gasteiger partial charge in [0.15, 0.2) is 0 Å². The maximum atomic E-state index is 5.96. The Bertz CT molecular complexity index is 372. The minimum Gasteiger partial charge on any atom is -0.476 e. The SMILES string of the molecule is CCc1nn(C)c(OCCC(C)(C)OC)c1N. The lowest BCUT2D eigenvalue weighted by atomic mass is 10.1. The number of rotatable bonds is 6. The fourth-order valence-corrected chi connectivity index (χ4v) is 1.51. The molecule has 1 aromatic rings. The van der Waals surface area contributed by atoms with Crippen LogP contribution in [-0.4, -0.2) is 29.1 Å². The number of aromatic nitrogens is 2. The molecular formula is C12H23N3O2. The summed E-state index contributed by atoms with van der Waals surface area (Å²) < 4.78 is 12.7. The Morgan fingerprint density at radius 3 is 2.53 bits per heavy atom. The molecule has 0 unspecified atom stereocenters. The molecule has 5 nitrogen and oxygen atoms in total. The number of nitrogen functional groups attached to an aromatic ring is 1. The standard InChI is InChI=1S/C12H23N3O2/c1-6-9-10(13)11(15(4)14-9)17-8-7-12(2,3)16-5/h6-8,13H2,1-5H3. The van der Waals surface area contributed by atoms with Crippen LogP contribution in [0.1, 0.15) is 32.9 Å². The first-order valence-electron chi connectivity index (χ1n) is 5.90. The van der Waals surface area contributed by atoms with Crippen LogP contribution < -0.4 is 10.5 Å². The summed E-state index contributed by atoms with van der Waals surface area (Å²) in [5.74, 6) is 0.647. The molecule has 0 atom stereocenters. The van der Waals surface area contributed by atoms with E-state index in [0.29, 0.717) is 18.2 Å². The number of hydrogen-bond donors (Lipinski definition) is 1. The van der Waals surface area contributed by atoms with E-state index >= 15 is 0 Å². The molecule has 0 aliphatic carbocycles. The van der Waals surface area contributed by atoms with Gasteiger partial charge in [0, 0.05) is 20.6 Å². The third kappa shape index (κ3) is 3.36. The summed E-state index contributed by atoms with van der Waals surface area (Å²) in [5.41, 5.74) is 7.30. The van der Waals surface area contributed by atoms with Gasteiger partial charge in [-0.25, -0.2) is 4.68 Å². The van der Waals surface area contributed by atoms with Crippen molar-refractivity contribution in [2.24, 2.45) is 7.05 Å². The van der Waals surface area contributed by atoms with Crippen molar-refractivity contribution in [1.29, 1.82) is 0 Å². The fourth-order valence-electron chi connectivity index (χ4n) is 1.51. The van der Waals surface area contributed by atoms with E-state index in [0.717, 1.165) is 18.5 Å². The predicted molar refractivity (Wildman–Crippen MR) is 68.2 cm³/mol. The van der Waals surface area contributed by atoms with Crippen molar-refractivity contribution >= 4 is 5.69 Å². The van der Waals surface area contributed by atoms with Crippen LogP contribution in [0.4, 0.5) is 5.69 Å². The molecule has 0 fully saturated rings. The van der Waals surface area contributed by atoms with Crippen molar-refractivity contribution in [1.82, 2.24) is 9.78 Å². The average molecular weight is 241 g/mol. The van der Waals surface area contributed by atoms with Gasteiger partial charge in [0.05, 0.1) is 17.9 Å².